The molecule has 7 heteroatoms. The van der Waals surface area contributed by atoms with Crippen molar-refractivity contribution in [1.29, 1.82) is 0 Å². The zero-order chi connectivity index (χ0) is 13.6. The van der Waals surface area contributed by atoms with Gasteiger partial charge in [0, 0.05) is 6.54 Å². The molecule has 1 aromatic heterocycles. The van der Waals surface area contributed by atoms with Crippen molar-refractivity contribution in [3.05, 3.63) is 17.9 Å². The van der Waals surface area contributed by atoms with Gasteiger partial charge < -0.3 is 9.32 Å². The highest BCUT2D eigenvalue weighted by molar-refractivity contribution is 7.89. The molecule has 1 aromatic rings. The fraction of sp³-hybridized carbons (Fsp3) is 0.545. The van der Waals surface area contributed by atoms with Crippen molar-refractivity contribution in [2.75, 3.05) is 27.2 Å². The Morgan fingerprint density at radius 1 is 1.33 bits per heavy atom. The Labute approximate surface area is 107 Å². The topological polar surface area (TPSA) is 79.6 Å². The molecule has 0 amide bonds. The van der Waals surface area contributed by atoms with E-state index in [0.29, 0.717) is 12.8 Å². The second kappa shape index (κ2) is 6.67. The number of hydrogen-bond acceptors (Lipinski definition) is 5. The van der Waals surface area contributed by atoms with Gasteiger partial charge in [-0.05, 0) is 45.6 Å². The summed E-state index contributed by atoms with van der Waals surface area (Å²) in [5.74, 6) is 0.00276. The summed E-state index contributed by atoms with van der Waals surface area (Å²) in [6.45, 7) is 1.27. The molecule has 18 heavy (non-hydrogen) atoms. The Hall–Kier alpha value is -1.18. The SMILES string of the molecule is CN(C)CCCCNS(=O)(=O)c1ccc(C=O)o1. The molecule has 0 atom stereocenters. The Bertz CT molecular complexity index is 479. The maximum Gasteiger partial charge on any atom is 0.273 e. The minimum atomic E-state index is -3.64. The van der Waals surface area contributed by atoms with Crippen molar-refractivity contribution < 1.29 is 17.6 Å². The van der Waals surface area contributed by atoms with Crippen LogP contribution in [0.5, 0.6) is 0 Å². The molecule has 1 rings (SSSR count). The van der Waals surface area contributed by atoms with E-state index in [4.69, 9.17) is 4.42 Å². The maximum absolute atomic E-state index is 11.7. The molecule has 0 aliphatic rings. The smallest absolute Gasteiger partial charge is 0.273 e. The average molecular weight is 274 g/mol. The summed E-state index contributed by atoms with van der Waals surface area (Å²) in [6.07, 6.45) is 2.13. The van der Waals surface area contributed by atoms with Crippen LogP contribution in [-0.2, 0) is 10.0 Å². The largest absolute Gasteiger partial charge is 0.440 e. The summed E-state index contributed by atoms with van der Waals surface area (Å²) in [6, 6.07) is 2.60. The highest BCUT2D eigenvalue weighted by Crippen LogP contribution is 2.12. The number of hydrogen-bond donors (Lipinski definition) is 1. The maximum atomic E-state index is 11.7. The number of rotatable bonds is 8. The molecule has 0 aliphatic carbocycles. The molecule has 0 aromatic carbocycles. The summed E-state index contributed by atoms with van der Waals surface area (Å²) in [5, 5.41) is -0.225. The van der Waals surface area contributed by atoms with Gasteiger partial charge in [0.1, 0.15) is 0 Å². The van der Waals surface area contributed by atoms with Gasteiger partial charge in [-0.3, -0.25) is 4.79 Å². The highest BCUT2D eigenvalue weighted by atomic mass is 32.2. The number of carbonyl (C=O) groups is 1. The van der Waals surface area contributed by atoms with Gasteiger partial charge in [0.2, 0.25) is 5.09 Å². The molecular weight excluding hydrogens is 256 g/mol. The van der Waals surface area contributed by atoms with Gasteiger partial charge in [0.05, 0.1) is 0 Å². The number of nitrogens with zero attached hydrogens (tertiary/aromatic N) is 1. The van der Waals surface area contributed by atoms with E-state index >= 15 is 0 Å². The van der Waals surface area contributed by atoms with Crippen molar-refractivity contribution in [1.82, 2.24) is 9.62 Å². The molecule has 1 N–H and O–H groups in total. The van der Waals surface area contributed by atoms with Gasteiger partial charge in [-0.1, -0.05) is 0 Å². The molecule has 1 heterocycles. The van der Waals surface area contributed by atoms with E-state index in [1.165, 1.54) is 12.1 Å². The molecule has 0 bridgehead atoms. The second-order valence-electron chi connectivity index (χ2n) is 4.18. The third kappa shape index (κ3) is 4.59. The van der Waals surface area contributed by atoms with Gasteiger partial charge in [0.25, 0.3) is 10.0 Å². The fourth-order valence-corrected chi connectivity index (χ4v) is 2.38. The zero-order valence-electron chi connectivity index (χ0n) is 10.5. The van der Waals surface area contributed by atoms with Crippen molar-refractivity contribution in [2.24, 2.45) is 0 Å². The van der Waals surface area contributed by atoms with Crippen molar-refractivity contribution in [3.63, 3.8) is 0 Å². The Morgan fingerprint density at radius 2 is 2.06 bits per heavy atom. The van der Waals surface area contributed by atoms with Gasteiger partial charge in [-0.2, -0.15) is 0 Å². The Morgan fingerprint density at radius 3 is 2.61 bits per heavy atom. The number of furan rings is 1. The van der Waals surface area contributed by atoms with Gasteiger partial charge >= 0.3 is 0 Å². The third-order valence-corrected chi connectivity index (χ3v) is 3.64. The highest BCUT2D eigenvalue weighted by Gasteiger charge is 2.17. The van der Waals surface area contributed by atoms with Crippen LogP contribution in [0, 0.1) is 0 Å². The third-order valence-electron chi connectivity index (χ3n) is 2.31. The molecular formula is C11H18N2O4S. The second-order valence-corrected chi connectivity index (χ2v) is 5.88. The monoisotopic (exact) mass is 274 g/mol. The molecule has 0 spiro atoms. The summed E-state index contributed by atoms with van der Waals surface area (Å²) < 4.78 is 30.8. The minimum Gasteiger partial charge on any atom is -0.440 e. The van der Waals surface area contributed by atoms with Gasteiger partial charge in [-0.25, -0.2) is 13.1 Å². The summed E-state index contributed by atoms with van der Waals surface area (Å²) >= 11 is 0. The van der Waals surface area contributed by atoms with Crippen molar-refractivity contribution in [2.45, 2.75) is 17.9 Å². The van der Waals surface area contributed by atoms with Crippen molar-refractivity contribution >= 4 is 16.3 Å². The molecule has 0 saturated heterocycles. The average Bonchev–Trinajstić information content (AvgIpc) is 2.77. The number of nitrogens with one attached hydrogen (secondary N) is 1. The van der Waals surface area contributed by atoms with E-state index < -0.39 is 10.0 Å². The first-order valence-corrected chi connectivity index (χ1v) is 7.13. The molecule has 0 saturated carbocycles. The van der Waals surface area contributed by atoms with Gasteiger partial charge in [-0.15, -0.1) is 0 Å². The van der Waals surface area contributed by atoms with Crippen LogP contribution >= 0.6 is 0 Å². The Kier molecular flexibility index (Phi) is 5.52. The molecule has 0 unspecified atom stereocenters. The van der Waals surface area contributed by atoms with Crippen molar-refractivity contribution in [3.8, 4) is 0 Å². The van der Waals surface area contributed by atoms with E-state index in [-0.39, 0.29) is 10.9 Å². The lowest BCUT2D eigenvalue weighted by atomic mass is 10.3. The van der Waals surface area contributed by atoms with E-state index in [1.54, 1.807) is 0 Å². The van der Waals surface area contributed by atoms with Crippen LogP contribution in [0.1, 0.15) is 23.4 Å². The number of carbonyl (C=O) groups excluding carboxylic acids is 1. The lowest BCUT2D eigenvalue weighted by Gasteiger charge is -2.09. The summed E-state index contributed by atoms with van der Waals surface area (Å²) in [5.41, 5.74) is 0. The van der Waals surface area contributed by atoms with Crippen LogP contribution in [-0.4, -0.2) is 46.8 Å². The predicted octanol–water partition coefficient (Wildman–Crippen LogP) is 0.712. The van der Waals surface area contributed by atoms with E-state index in [9.17, 15) is 13.2 Å². The molecule has 6 nitrogen and oxygen atoms in total. The first-order valence-electron chi connectivity index (χ1n) is 5.65. The minimum absolute atomic E-state index is 0.00276. The molecule has 0 fully saturated rings. The van der Waals surface area contributed by atoms with Crippen LogP contribution in [0.25, 0.3) is 0 Å². The molecule has 102 valence electrons. The lowest BCUT2D eigenvalue weighted by molar-refractivity contribution is 0.109. The van der Waals surface area contributed by atoms with E-state index in [0.717, 1.165) is 19.4 Å². The van der Waals surface area contributed by atoms with E-state index in [2.05, 4.69) is 4.72 Å². The fourth-order valence-electron chi connectivity index (χ4n) is 1.37. The normalized spacial score (nSPS) is 11.9. The van der Waals surface area contributed by atoms with Crippen LogP contribution in [0.4, 0.5) is 0 Å². The number of aldehydes is 1. The quantitative estimate of drug-likeness (QED) is 0.558. The standard InChI is InChI=1S/C11H18N2O4S/c1-13(2)8-4-3-7-12-18(15,16)11-6-5-10(9-14)17-11/h5-6,9,12H,3-4,7-8H2,1-2H3. The summed E-state index contributed by atoms with van der Waals surface area (Å²) in [4.78, 5) is 12.4. The van der Waals surface area contributed by atoms with Crippen LogP contribution in [0.15, 0.2) is 21.6 Å². The summed E-state index contributed by atoms with van der Waals surface area (Å²) in [7, 11) is 0.293. The predicted molar refractivity (Wildman–Crippen MR) is 67.1 cm³/mol. The first kappa shape index (κ1) is 14.9. The zero-order valence-corrected chi connectivity index (χ0v) is 11.4. The van der Waals surface area contributed by atoms with Crippen LogP contribution in [0.3, 0.4) is 0 Å². The number of unbranched alkanes of at least 4 members (excludes halogenated alkanes) is 1. The Balaban J connectivity index is 2.43. The first-order chi connectivity index (χ1) is 8.45. The van der Waals surface area contributed by atoms with Crippen LogP contribution in [0.2, 0.25) is 0 Å². The lowest BCUT2D eigenvalue weighted by Crippen LogP contribution is -2.25. The van der Waals surface area contributed by atoms with E-state index in [1.807, 2.05) is 19.0 Å². The molecule has 0 radical (unpaired) electrons. The van der Waals surface area contributed by atoms with Crippen LogP contribution < -0.4 is 4.72 Å². The molecule has 0 aliphatic heterocycles. The van der Waals surface area contributed by atoms with Gasteiger partial charge in [0.15, 0.2) is 12.0 Å². The number of sulfonamides is 1.